The van der Waals surface area contributed by atoms with Gasteiger partial charge < -0.3 is 15.7 Å². The Kier molecular flexibility index (Phi) is 4.50. The van der Waals surface area contributed by atoms with Crippen LogP contribution in [0.3, 0.4) is 0 Å². The summed E-state index contributed by atoms with van der Waals surface area (Å²) in [5, 5.41) is 14.6. The number of aryl methyl sites for hydroxylation is 1. The monoisotopic (exact) mass is 290 g/mol. The minimum absolute atomic E-state index is 0.0390. The smallest absolute Gasteiger partial charge is 0.329 e. The second kappa shape index (κ2) is 6.16. The van der Waals surface area contributed by atoms with Gasteiger partial charge in [0, 0.05) is 6.54 Å². The van der Waals surface area contributed by atoms with Gasteiger partial charge in [-0.3, -0.25) is 0 Å². The number of nitrogens with one attached hydrogen (secondary N) is 2. The normalized spacial score (nSPS) is 16.9. The van der Waals surface area contributed by atoms with Gasteiger partial charge in [0.05, 0.1) is 0 Å². The Morgan fingerprint density at radius 3 is 2.57 bits per heavy atom. The van der Waals surface area contributed by atoms with Crippen LogP contribution in [0.4, 0.5) is 4.79 Å². The number of rotatable bonds is 6. The third kappa shape index (κ3) is 3.74. The van der Waals surface area contributed by atoms with Gasteiger partial charge in [-0.25, -0.2) is 9.59 Å². The zero-order chi connectivity index (χ0) is 15.5. The summed E-state index contributed by atoms with van der Waals surface area (Å²) in [6, 6.07) is 7.59. The lowest BCUT2D eigenvalue weighted by atomic mass is 9.96. The Hall–Kier alpha value is -2.04. The second-order valence-electron chi connectivity index (χ2n) is 5.84. The van der Waals surface area contributed by atoms with Gasteiger partial charge in [-0.15, -0.1) is 0 Å². The number of amides is 2. The van der Waals surface area contributed by atoms with Crippen molar-refractivity contribution in [1.29, 1.82) is 0 Å². The van der Waals surface area contributed by atoms with E-state index < -0.39 is 17.5 Å². The van der Waals surface area contributed by atoms with E-state index in [2.05, 4.69) is 10.6 Å². The molecule has 1 aromatic carbocycles. The molecule has 0 saturated heterocycles. The molecule has 5 nitrogen and oxygen atoms in total. The number of urea groups is 1. The number of carbonyl (C=O) groups excluding carboxylic acids is 1. The molecule has 2 amide bonds. The lowest BCUT2D eigenvalue weighted by Crippen LogP contribution is -2.56. The molecule has 0 heterocycles. The molecular weight excluding hydrogens is 268 g/mol. The summed E-state index contributed by atoms with van der Waals surface area (Å²) >= 11 is 0. The van der Waals surface area contributed by atoms with Crippen molar-refractivity contribution in [3.8, 4) is 0 Å². The number of carboxylic acid groups (broad SMARTS) is 1. The quantitative estimate of drug-likeness (QED) is 0.750. The number of aliphatic carboxylic acids is 1. The standard InChI is InChI=1S/C16H22N2O3/c1-11-5-3-4-6-12(11)9-10-17-15(21)18-16(2,14(19)20)13-7-8-13/h3-6,13H,7-10H2,1-2H3,(H,19,20)(H2,17,18,21). The topological polar surface area (TPSA) is 78.4 Å². The summed E-state index contributed by atoms with van der Waals surface area (Å²) < 4.78 is 0. The Balaban J connectivity index is 1.82. The third-order valence-electron chi connectivity index (χ3n) is 4.15. The molecule has 1 aromatic rings. The first-order valence-corrected chi connectivity index (χ1v) is 7.27. The van der Waals surface area contributed by atoms with Gasteiger partial charge in [0.15, 0.2) is 0 Å². The summed E-state index contributed by atoms with van der Waals surface area (Å²) in [7, 11) is 0. The number of carboxylic acids is 1. The highest BCUT2D eigenvalue weighted by molar-refractivity contribution is 5.86. The van der Waals surface area contributed by atoms with Crippen molar-refractivity contribution in [1.82, 2.24) is 10.6 Å². The molecule has 0 aromatic heterocycles. The van der Waals surface area contributed by atoms with E-state index in [1.807, 2.05) is 31.2 Å². The SMILES string of the molecule is Cc1ccccc1CCNC(=O)NC(C)(C(=O)O)C1CC1. The maximum atomic E-state index is 11.9. The first-order valence-electron chi connectivity index (χ1n) is 7.27. The highest BCUT2D eigenvalue weighted by Gasteiger charge is 2.48. The molecule has 0 spiro atoms. The predicted octanol–water partition coefficient (Wildman–Crippen LogP) is 2.09. The van der Waals surface area contributed by atoms with Crippen molar-refractivity contribution >= 4 is 12.0 Å². The van der Waals surface area contributed by atoms with Crippen molar-refractivity contribution in [2.24, 2.45) is 5.92 Å². The van der Waals surface area contributed by atoms with Gasteiger partial charge in [-0.05, 0) is 50.2 Å². The van der Waals surface area contributed by atoms with Gasteiger partial charge in [-0.2, -0.15) is 0 Å². The van der Waals surface area contributed by atoms with Gasteiger partial charge in [-0.1, -0.05) is 24.3 Å². The molecule has 1 saturated carbocycles. The van der Waals surface area contributed by atoms with Gasteiger partial charge in [0.2, 0.25) is 0 Å². The van der Waals surface area contributed by atoms with Crippen molar-refractivity contribution in [3.63, 3.8) is 0 Å². The van der Waals surface area contributed by atoms with Crippen molar-refractivity contribution < 1.29 is 14.7 Å². The van der Waals surface area contributed by atoms with E-state index in [1.165, 1.54) is 11.1 Å². The summed E-state index contributed by atoms with van der Waals surface area (Å²) in [5.41, 5.74) is 1.21. The van der Waals surface area contributed by atoms with Crippen molar-refractivity contribution in [2.75, 3.05) is 6.54 Å². The minimum Gasteiger partial charge on any atom is -0.480 e. The summed E-state index contributed by atoms with van der Waals surface area (Å²) in [4.78, 5) is 23.2. The van der Waals surface area contributed by atoms with Crippen LogP contribution in [0.1, 0.15) is 30.9 Å². The second-order valence-corrected chi connectivity index (χ2v) is 5.84. The fraction of sp³-hybridized carbons (Fsp3) is 0.500. The van der Waals surface area contributed by atoms with E-state index in [4.69, 9.17) is 0 Å². The molecule has 0 radical (unpaired) electrons. The molecule has 0 bridgehead atoms. The van der Waals surface area contributed by atoms with E-state index >= 15 is 0 Å². The number of hydrogen-bond acceptors (Lipinski definition) is 2. The van der Waals surface area contributed by atoms with Gasteiger partial charge in [0.25, 0.3) is 0 Å². The first kappa shape index (κ1) is 15.4. The van der Waals surface area contributed by atoms with E-state index in [-0.39, 0.29) is 5.92 Å². The number of benzene rings is 1. The van der Waals surface area contributed by atoms with E-state index in [0.29, 0.717) is 6.54 Å². The van der Waals surface area contributed by atoms with Gasteiger partial charge in [0.1, 0.15) is 5.54 Å². The van der Waals surface area contributed by atoms with Crippen LogP contribution in [-0.2, 0) is 11.2 Å². The lowest BCUT2D eigenvalue weighted by Gasteiger charge is -2.26. The van der Waals surface area contributed by atoms with Crippen LogP contribution in [0, 0.1) is 12.8 Å². The van der Waals surface area contributed by atoms with Crippen LogP contribution in [0.2, 0.25) is 0 Å². The fourth-order valence-corrected chi connectivity index (χ4v) is 2.47. The molecule has 1 aliphatic rings. The molecule has 5 heteroatoms. The highest BCUT2D eigenvalue weighted by Crippen LogP contribution is 2.39. The molecular formula is C16H22N2O3. The van der Waals surface area contributed by atoms with E-state index in [9.17, 15) is 14.7 Å². The maximum Gasteiger partial charge on any atom is 0.329 e. The van der Waals surface area contributed by atoms with Crippen LogP contribution in [0.5, 0.6) is 0 Å². The Labute approximate surface area is 124 Å². The number of hydrogen-bond donors (Lipinski definition) is 3. The van der Waals surface area contributed by atoms with Gasteiger partial charge >= 0.3 is 12.0 Å². The summed E-state index contributed by atoms with van der Waals surface area (Å²) in [6.07, 6.45) is 2.44. The lowest BCUT2D eigenvalue weighted by molar-refractivity contribution is -0.144. The fourth-order valence-electron chi connectivity index (χ4n) is 2.47. The van der Waals surface area contributed by atoms with Crippen molar-refractivity contribution in [2.45, 2.75) is 38.6 Å². The zero-order valence-corrected chi connectivity index (χ0v) is 12.5. The average Bonchev–Trinajstić information content (AvgIpc) is 3.25. The molecule has 0 aliphatic heterocycles. The Bertz CT molecular complexity index is 540. The molecule has 1 fully saturated rings. The maximum absolute atomic E-state index is 11.9. The number of carbonyl (C=O) groups is 2. The Morgan fingerprint density at radius 2 is 2.00 bits per heavy atom. The van der Waals surface area contributed by atoms with E-state index in [0.717, 1.165) is 19.3 Å². The van der Waals surface area contributed by atoms with Crippen LogP contribution < -0.4 is 10.6 Å². The molecule has 3 N–H and O–H groups in total. The Morgan fingerprint density at radius 1 is 1.33 bits per heavy atom. The predicted molar refractivity (Wildman–Crippen MR) is 80.2 cm³/mol. The summed E-state index contributed by atoms with van der Waals surface area (Å²) in [5.74, 6) is -0.934. The largest absolute Gasteiger partial charge is 0.480 e. The van der Waals surface area contributed by atoms with Crippen LogP contribution >= 0.6 is 0 Å². The molecule has 114 valence electrons. The molecule has 1 unspecified atom stereocenters. The minimum atomic E-state index is -1.16. The van der Waals surface area contributed by atoms with Crippen molar-refractivity contribution in [3.05, 3.63) is 35.4 Å². The zero-order valence-electron chi connectivity index (χ0n) is 12.5. The molecule has 1 aliphatic carbocycles. The molecule has 2 rings (SSSR count). The average molecular weight is 290 g/mol. The highest BCUT2D eigenvalue weighted by atomic mass is 16.4. The first-order chi connectivity index (χ1) is 9.93. The van der Waals surface area contributed by atoms with Crippen LogP contribution in [-0.4, -0.2) is 29.2 Å². The summed E-state index contributed by atoms with van der Waals surface area (Å²) in [6.45, 7) is 4.09. The molecule has 1 atom stereocenters. The van der Waals surface area contributed by atoms with Crippen LogP contribution in [0.25, 0.3) is 0 Å². The van der Waals surface area contributed by atoms with Crippen LogP contribution in [0.15, 0.2) is 24.3 Å². The third-order valence-corrected chi connectivity index (χ3v) is 4.15. The molecule has 21 heavy (non-hydrogen) atoms. The van der Waals surface area contributed by atoms with E-state index in [1.54, 1.807) is 6.92 Å².